The van der Waals surface area contributed by atoms with Crippen LogP contribution in [0, 0.1) is 0 Å². The number of nitrogens with zero attached hydrogens (tertiary/aromatic N) is 1. The van der Waals surface area contributed by atoms with Crippen LogP contribution in [-0.2, 0) is 23.9 Å². The van der Waals surface area contributed by atoms with Gasteiger partial charge in [0, 0.05) is 11.3 Å². The Morgan fingerprint density at radius 3 is 2.70 bits per heavy atom. The molecule has 2 atom stereocenters. The van der Waals surface area contributed by atoms with E-state index in [4.69, 9.17) is 4.74 Å². The number of carboxylic acid groups (broad SMARTS) is 1. The Balaban J connectivity index is 1.66. The molecular formula is C16H18N2O6S3. The van der Waals surface area contributed by atoms with Gasteiger partial charge in [0.1, 0.15) is 23.7 Å². The van der Waals surface area contributed by atoms with Gasteiger partial charge < -0.3 is 15.2 Å². The van der Waals surface area contributed by atoms with Gasteiger partial charge >= 0.3 is 11.9 Å². The number of hydrogen-bond donors (Lipinski definition) is 4. The highest BCUT2D eigenvalue weighted by atomic mass is 32.2. The zero-order valence-corrected chi connectivity index (χ0v) is 16.6. The van der Waals surface area contributed by atoms with Crippen molar-refractivity contribution in [1.82, 2.24) is 10.2 Å². The molecule has 0 aromatic carbocycles. The number of thiol groups is 2. The first kappa shape index (κ1) is 19.9. The normalized spacial score (nSPS) is 24.6. The van der Waals surface area contributed by atoms with Crippen LogP contribution in [0.5, 0.6) is 0 Å². The molecule has 0 spiro atoms. The Hall–Kier alpha value is -1.85. The first-order valence-electron chi connectivity index (χ1n) is 7.99. The third-order valence-corrected chi connectivity index (χ3v) is 7.46. The Labute approximate surface area is 167 Å². The third-order valence-electron chi connectivity index (χ3n) is 4.10. The summed E-state index contributed by atoms with van der Waals surface area (Å²) in [5.41, 5.74) is 0.175. The highest BCUT2D eigenvalue weighted by Gasteiger charge is 2.54. The van der Waals surface area contributed by atoms with E-state index < -0.39 is 40.2 Å². The van der Waals surface area contributed by atoms with Crippen molar-refractivity contribution >= 4 is 59.0 Å². The van der Waals surface area contributed by atoms with E-state index in [1.54, 1.807) is 0 Å². The number of ether oxygens (including phenoxy) is 1. The summed E-state index contributed by atoms with van der Waals surface area (Å²) < 4.78 is 4.95. The van der Waals surface area contributed by atoms with Gasteiger partial charge in [0.15, 0.2) is 0 Å². The number of aliphatic carboxylic acids is 1. The lowest BCUT2D eigenvalue weighted by molar-refractivity contribution is -0.150. The fourth-order valence-corrected chi connectivity index (χ4v) is 5.66. The molecular weight excluding hydrogens is 412 g/mol. The molecule has 11 heteroatoms. The lowest BCUT2D eigenvalue weighted by Gasteiger charge is -2.49. The molecule has 3 aliphatic heterocycles. The lowest BCUT2D eigenvalue weighted by atomic mass is 10.0. The monoisotopic (exact) mass is 430 g/mol. The maximum absolute atomic E-state index is 12.5. The minimum atomic E-state index is -1.26. The molecule has 0 saturated carbocycles. The summed E-state index contributed by atoms with van der Waals surface area (Å²) in [6.07, 6.45) is 3.77. The van der Waals surface area contributed by atoms with Crippen LogP contribution in [0.2, 0.25) is 0 Å². The van der Waals surface area contributed by atoms with Crippen molar-refractivity contribution in [2.45, 2.75) is 11.4 Å². The maximum atomic E-state index is 12.5. The zero-order valence-electron chi connectivity index (χ0n) is 14.0. The largest absolute Gasteiger partial charge is 0.477 e. The van der Waals surface area contributed by atoms with Crippen LogP contribution in [0.15, 0.2) is 34.2 Å². The van der Waals surface area contributed by atoms with Gasteiger partial charge in [-0.05, 0) is 10.8 Å². The fraction of sp³-hybridized carbons (Fsp3) is 0.375. The van der Waals surface area contributed by atoms with Gasteiger partial charge in [-0.3, -0.25) is 19.3 Å². The van der Waals surface area contributed by atoms with E-state index >= 15 is 0 Å². The van der Waals surface area contributed by atoms with Gasteiger partial charge in [-0.1, -0.05) is 12.2 Å². The van der Waals surface area contributed by atoms with E-state index in [0.717, 1.165) is 4.90 Å². The number of thioether (sulfide) groups is 1. The number of allylic oxidation sites excluding steroid dienone is 2. The number of hydrogen-bond acceptors (Lipinski definition) is 7. The quantitative estimate of drug-likeness (QED) is 0.260. The van der Waals surface area contributed by atoms with E-state index in [0.29, 0.717) is 17.1 Å². The number of nitrogens with one attached hydrogen (secondary N) is 1. The summed E-state index contributed by atoms with van der Waals surface area (Å²) in [4.78, 5) is 48.7. The van der Waals surface area contributed by atoms with Crippen molar-refractivity contribution in [3.8, 4) is 0 Å². The molecule has 8 nitrogen and oxygen atoms in total. The summed E-state index contributed by atoms with van der Waals surface area (Å²) in [6, 6.07) is -0.746. The van der Waals surface area contributed by atoms with Crippen LogP contribution in [-0.4, -0.2) is 69.0 Å². The van der Waals surface area contributed by atoms with Gasteiger partial charge in [-0.2, -0.15) is 12.6 Å². The van der Waals surface area contributed by atoms with Crippen LogP contribution in [0.3, 0.4) is 0 Å². The van der Waals surface area contributed by atoms with Gasteiger partial charge in [0.2, 0.25) is 5.91 Å². The number of esters is 1. The molecule has 0 bridgehead atoms. The van der Waals surface area contributed by atoms with Crippen molar-refractivity contribution in [2.75, 3.05) is 23.9 Å². The van der Waals surface area contributed by atoms with E-state index in [2.05, 4.69) is 17.9 Å². The number of carbonyl (C=O) groups excluding carboxylic acids is 3. The molecule has 2 amide bonds. The van der Waals surface area contributed by atoms with Crippen molar-refractivity contribution in [3.63, 3.8) is 0 Å². The van der Waals surface area contributed by atoms with Crippen molar-refractivity contribution in [3.05, 3.63) is 34.2 Å². The molecule has 2 N–H and O–H groups in total. The average Bonchev–Trinajstić information content (AvgIpc) is 3.15. The van der Waals surface area contributed by atoms with E-state index in [9.17, 15) is 24.3 Å². The molecule has 27 heavy (non-hydrogen) atoms. The Morgan fingerprint density at radius 2 is 2.07 bits per heavy atom. The topological polar surface area (TPSA) is 113 Å². The van der Waals surface area contributed by atoms with Crippen molar-refractivity contribution in [2.24, 2.45) is 0 Å². The predicted molar refractivity (Wildman–Crippen MR) is 107 cm³/mol. The Kier molecular flexibility index (Phi) is 6.22. The molecule has 0 radical (unpaired) electrons. The standard InChI is InChI=1S/C16H18N2O6S3/c19-10(8-27-3-1-2-4-27)17-12-14(21)18-13(16(22)23)9(7-26-15(12)18)5-24-11(20)6-25/h1-4,12,15,25,27H,5-8H2,(H,17,19)(H,22,23). The average molecular weight is 431 g/mol. The van der Waals surface area contributed by atoms with E-state index in [1.807, 2.05) is 23.0 Å². The first-order chi connectivity index (χ1) is 12.9. The minimum Gasteiger partial charge on any atom is -0.477 e. The molecule has 1 fully saturated rings. The summed E-state index contributed by atoms with van der Waals surface area (Å²) in [5, 5.41) is 15.7. The SMILES string of the molecule is O=C(C[SH]1C=CC=C1)NC1C(=O)N2C(C(=O)O)=C(COC(=O)CS)CSC12. The third kappa shape index (κ3) is 4.19. The summed E-state index contributed by atoms with van der Waals surface area (Å²) in [5.74, 6) is -2.06. The highest BCUT2D eigenvalue weighted by molar-refractivity contribution is 8.22. The van der Waals surface area contributed by atoms with Crippen LogP contribution < -0.4 is 5.32 Å². The van der Waals surface area contributed by atoms with Crippen molar-refractivity contribution < 1.29 is 29.0 Å². The first-order valence-corrected chi connectivity index (χ1v) is 11.3. The van der Waals surface area contributed by atoms with Gasteiger partial charge in [0.25, 0.3) is 5.91 Å². The van der Waals surface area contributed by atoms with Crippen LogP contribution in [0.4, 0.5) is 0 Å². The summed E-state index contributed by atoms with van der Waals surface area (Å²) in [7, 11) is -0.632. The number of amides is 2. The number of rotatable bonds is 7. The van der Waals surface area contributed by atoms with E-state index in [-0.39, 0.29) is 24.0 Å². The molecule has 3 rings (SSSR count). The Morgan fingerprint density at radius 1 is 1.37 bits per heavy atom. The second-order valence-corrected chi connectivity index (χ2v) is 9.25. The van der Waals surface area contributed by atoms with Gasteiger partial charge in [-0.15, -0.1) is 11.8 Å². The lowest BCUT2D eigenvalue weighted by Crippen LogP contribution is -2.70. The smallest absolute Gasteiger partial charge is 0.352 e. The summed E-state index contributed by atoms with van der Waals surface area (Å²) in [6.45, 7) is -0.204. The van der Waals surface area contributed by atoms with E-state index in [1.165, 1.54) is 11.8 Å². The van der Waals surface area contributed by atoms with Crippen LogP contribution >= 0.6 is 35.3 Å². The van der Waals surface area contributed by atoms with Crippen LogP contribution in [0.1, 0.15) is 0 Å². The van der Waals surface area contributed by atoms with Crippen LogP contribution in [0.25, 0.3) is 0 Å². The Bertz CT molecular complexity index is 766. The number of fused-ring (bicyclic) bond motifs is 1. The number of carboxylic acids is 1. The zero-order chi connectivity index (χ0) is 19.6. The second kappa shape index (κ2) is 8.44. The molecule has 0 aromatic rings. The number of β-lactam (4-membered cyclic amide) rings is 1. The summed E-state index contributed by atoms with van der Waals surface area (Å²) >= 11 is 5.13. The molecule has 3 heterocycles. The molecule has 1 saturated heterocycles. The highest BCUT2D eigenvalue weighted by Crippen LogP contribution is 2.40. The second-order valence-electron chi connectivity index (χ2n) is 5.89. The predicted octanol–water partition coefficient (Wildman–Crippen LogP) is 0.240. The van der Waals surface area contributed by atoms with Gasteiger partial charge in [0.05, 0.1) is 11.5 Å². The number of carbonyl (C=O) groups is 4. The molecule has 2 unspecified atom stereocenters. The molecule has 146 valence electrons. The minimum absolute atomic E-state index is 0.116. The molecule has 0 aromatic heterocycles. The van der Waals surface area contributed by atoms with Gasteiger partial charge in [-0.25, -0.2) is 15.7 Å². The fourth-order valence-electron chi connectivity index (χ4n) is 2.87. The maximum Gasteiger partial charge on any atom is 0.352 e. The van der Waals surface area contributed by atoms with Crippen molar-refractivity contribution in [1.29, 1.82) is 0 Å². The molecule has 0 aliphatic carbocycles. The molecule has 3 aliphatic rings.